The van der Waals surface area contributed by atoms with Gasteiger partial charge in [-0.3, -0.25) is 0 Å². The molecule has 0 atom stereocenters. The van der Waals surface area contributed by atoms with Crippen molar-refractivity contribution in [1.82, 2.24) is 4.57 Å². The van der Waals surface area contributed by atoms with Crippen LogP contribution in [-0.4, -0.2) is 13.0 Å². The summed E-state index contributed by atoms with van der Waals surface area (Å²) >= 11 is 0. The first-order valence-electron chi connectivity index (χ1n) is 6.63. The molecule has 118 valence electrons. The Morgan fingerprint density at radius 3 is 2.35 bits per heavy atom. The fourth-order valence-corrected chi connectivity index (χ4v) is 3.13. The molecule has 0 fully saturated rings. The molecule has 3 rings (SSSR count). The second kappa shape index (κ2) is 5.60. The zero-order valence-corrected chi connectivity index (χ0v) is 12.6. The van der Waals surface area contributed by atoms with Crippen molar-refractivity contribution in [1.29, 1.82) is 0 Å². The molecule has 1 aromatic heterocycles. The summed E-state index contributed by atoms with van der Waals surface area (Å²) in [5.41, 5.74) is 1.25. The minimum Gasteiger partial charge on any atom is -0.316 e. The summed E-state index contributed by atoms with van der Waals surface area (Å²) in [7, 11) is -3.92. The number of aromatic nitrogens is 1. The molecule has 0 aliphatic heterocycles. The van der Waals surface area contributed by atoms with E-state index in [9.17, 15) is 17.2 Å². The van der Waals surface area contributed by atoms with Gasteiger partial charge in [0.15, 0.2) is 11.6 Å². The SMILES string of the molecule is NS(=O)(=O)c1ccccc1-c1cccn1-c1ccc(F)c(F)c1. The van der Waals surface area contributed by atoms with Crippen LogP contribution in [0.4, 0.5) is 8.78 Å². The van der Waals surface area contributed by atoms with Crippen molar-refractivity contribution < 1.29 is 17.2 Å². The Morgan fingerprint density at radius 1 is 0.913 bits per heavy atom. The molecule has 0 aliphatic rings. The van der Waals surface area contributed by atoms with Crippen LogP contribution < -0.4 is 5.14 Å². The zero-order valence-electron chi connectivity index (χ0n) is 11.8. The van der Waals surface area contributed by atoms with Crippen molar-refractivity contribution in [2.24, 2.45) is 5.14 Å². The molecule has 4 nitrogen and oxygen atoms in total. The minimum atomic E-state index is -3.92. The third-order valence-corrected chi connectivity index (χ3v) is 4.37. The molecule has 0 spiro atoms. The molecule has 0 bridgehead atoms. The highest BCUT2D eigenvalue weighted by atomic mass is 32.2. The Morgan fingerprint density at radius 2 is 1.65 bits per heavy atom. The van der Waals surface area contributed by atoms with Crippen LogP contribution in [0.5, 0.6) is 0 Å². The minimum absolute atomic E-state index is 0.0393. The lowest BCUT2D eigenvalue weighted by Crippen LogP contribution is -2.13. The van der Waals surface area contributed by atoms with Crippen molar-refractivity contribution in [3.8, 4) is 16.9 Å². The van der Waals surface area contributed by atoms with Gasteiger partial charge in [0.25, 0.3) is 0 Å². The summed E-state index contributed by atoms with van der Waals surface area (Å²) < 4.78 is 51.6. The van der Waals surface area contributed by atoms with Crippen LogP contribution in [0.2, 0.25) is 0 Å². The third kappa shape index (κ3) is 2.88. The molecular weight excluding hydrogens is 322 g/mol. The van der Waals surface area contributed by atoms with Crippen LogP contribution in [0, 0.1) is 11.6 Å². The van der Waals surface area contributed by atoms with Crippen molar-refractivity contribution in [2.75, 3.05) is 0 Å². The monoisotopic (exact) mass is 334 g/mol. The molecule has 0 saturated carbocycles. The smallest absolute Gasteiger partial charge is 0.238 e. The highest BCUT2D eigenvalue weighted by Crippen LogP contribution is 2.29. The molecule has 0 aliphatic carbocycles. The molecule has 3 aromatic rings. The van der Waals surface area contributed by atoms with Crippen LogP contribution in [0.15, 0.2) is 65.7 Å². The maximum atomic E-state index is 13.5. The number of halogens is 2. The van der Waals surface area contributed by atoms with Crippen LogP contribution in [0.1, 0.15) is 0 Å². The number of primary sulfonamides is 1. The van der Waals surface area contributed by atoms with Crippen molar-refractivity contribution >= 4 is 10.0 Å². The lowest BCUT2D eigenvalue weighted by molar-refractivity contribution is 0.508. The van der Waals surface area contributed by atoms with E-state index in [4.69, 9.17) is 5.14 Å². The maximum absolute atomic E-state index is 13.5. The maximum Gasteiger partial charge on any atom is 0.238 e. The van der Waals surface area contributed by atoms with Gasteiger partial charge in [0, 0.05) is 23.5 Å². The Labute approximate surface area is 131 Å². The van der Waals surface area contributed by atoms with Gasteiger partial charge in [-0.1, -0.05) is 18.2 Å². The second-order valence-electron chi connectivity index (χ2n) is 4.90. The molecule has 23 heavy (non-hydrogen) atoms. The normalized spacial score (nSPS) is 11.6. The summed E-state index contributed by atoms with van der Waals surface area (Å²) in [6.07, 6.45) is 1.63. The van der Waals surface area contributed by atoms with Crippen molar-refractivity contribution in [3.63, 3.8) is 0 Å². The Hall–Kier alpha value is -2.51. The van der Waals surface area contributed by atoms with E-state index >= 15 is 0 Å². The predicted molar refractivity (Wildman–Crippen MR) is 82.5 cm³/mol. The van der Waals surface area contributed by atoms with E-state index in [1.165, 1.54) is 12.1 Å². The number of benzene rings is 2. The number of hydrogen-bond donors (Lipinski definition) is 1. The second-order valence-corrected chi connectivity index (χ2v) is 6.43. The van der Waals surface area contributed by atoms with Gasteiger partial charge in [0.2, 0.25) is 10.0 Å². The molecule has 0 radical (unpaired) electrons. The topological polar surface area (TPSA) is 65.1 Å². The summed E-state index contributed by atoms with van der Waals surface area (Å²) in [6.45, 7) is 0. The van der Waals surface area contributed by atoms with E-state index in [0.717, 1.165) is 12.1 Å². The quantitative estimate of drug-likeness (QED) is 0.800. The summed E-state index contributed by atoms with van der Waals surface area (Å²) in [4.78, 5) is -0.0393. The molecular formula is C16H12F2N2O2S. The van der Waals surface area contributed by atoms with Crippen LogP contribution in [-0.2, 0) is 10.0 Å². The zero-order chi connectivity index (χ0) is 16.6. The number of hydrogen-bond acceptors (Lipinski definition) is 2. The van der Waals surface area contributed by atoms with Crippen LogP contribution in [0.25, 0.3) is 16.9 Å². The van der Waals surface area contributed by atoms with E-state index in [1.54, 1.807) is 41.1 Å². The molecule has 2 N–H and O–H groups in total. The van der Waals surface area contributed by atoms with Gasteiger partial charge >= 0.3 is 0 Å². The Bertz CT molecular complexity index is 981. The molecule has 2 aromatic carbocycles. The highest BCUT2D eigenvalue weighted by Gasteiger charge is 2.17. The lowest BCUT2D eigenvalue weighted by Gasteiger charge is -2.12. The van der Waals surface area contributed by atoms with Gasteiger partial charge in [-0.15, -0.1) is 0 Å². The largest absolute Gasteiger partial charge is 0.316 e. The Balaban J connectivity index is 2.22. The van der Waals surface area contributed by atoms with Crippen LogP contribution in [0.3, 0.4) is 0 Å². The van der Waals surface area contributed by atoms with Gasteiger partial charge in [-0.2, -0.15) is 0 Å². The molecule has 1 heterocycles. The molecule has 7 heteroatoms. The standard InChI is InChI=1S/C16H12F2N2O2S/c17-13-8-7-11(10-14(13)18)20-9-3-5-15(20)12-4-1-2-6-16(12)23(19,21)22/h1-10H,(H2,19,21,22). The lowest BCUT2D eigenvalue weighted by atomic mass is 10.1. The number of nitrogens with zero attached hydrogens (tertiary/aromatic N) is 1. The van der Waals surface area contributed by atoms with E-state index in [-0.39, 0.29) is 4.90 Å². The predicted octanol–water partition coefficient (Wildman–Crippen LogP) is 3.07. The molecule has 0 amide bonds. The molecule has 0 saturated heterocycles. The number of rotatable bonds is 3. The van der Waals surface area contributed by atoms with E-state index < -0.39 is 21.7 Å². The fraction of sp³-hybridized carbons (Fsp3) is 0. The highest BCUT2D eigenvalue weighted by molar-refractivity contribution is 7.89. The van der Waals surface area contributed by atoms with Gasteiger partial charge in [-0.25, -0.2) is 22.3 Å². The van der Waals surface area contributed by atoms with Crippen LogP contribution >= 0.6 is 0 Å². The number of sulfonamides is 1. The summed E-state index contributed by atoms with van der Waals surface area (Å²) in [5.74, 6) is -1.94. The Kier molecular flexibility index (Phi) is 3.75. The van der Waals surface area contributed by atoms with Gasteiger partial charge < -0.3 is 4.57 Å². The first-order valence-corrected chi connectivity index (χ1v) is 8.17. The average molecular weight is 334 g/mol. The van der Waals surface area contributed by atoms with E-state index in [2.05, 4.69) is 0 Å². The van der Waals surface area contributed by atoms with E-state index in [1.807, 2.05) is 0 Å². The summed E-state index contributed by atoms with van der Waals surface area (Å²) in [5, 5.41) is 5.25. The number of nitrogens with two attached hydrogens (primary N) is 1. The van der Waals surface area contributed by atoms with Gasteiger partial charge in [0.1, 0.15) is 0 Å². The van der Waals surface area contributed by atoms with Gasteiger partial charge in [-0.05, 0) is 30.3 Å². The third-order valence-electron chi connectivity index (χ3n) is 3.40. The molecule has 0 unspecified atom stereocenters. The summed E-state index contributed by atoms with van der Waals surface area (Å²) in [6, 6.07) is 13.0. The van der Waals surface area contributed by atoms with E-state index in [0.29, 0.717) is 16.9 Å². The first-order chi connectivity index (χ1) is 10.9. The van der Waals surface area contributed by atoms with Crippen molar-refractivity contribution in [2.45, 2.75) is 4.90 Å². The van der Waals surface area contributed by atoms with Gasteiger partial charge in [0.05, 0.1) is 10.6 Å². The average Bonchev–Trinajstić information content (AvgIpc) is 2.98. The first kappa shape index (κ1) is 15.4. The van der Waals surface area contributed by atoms with Crippen molar-refractivity contribution in [3.05, 3.63) is 72.4 Å². The fourth-order valence-electron chi connectivity index (χ4n) is 2.39.